The molecule has 0 aromatic carbocycles. The van der Waals surface area contributed by atoms with E-state index in [0.29, 0.717) is 35.6 Å². The number of hydrogen-bond donors (Lipinski definition) is 2. The van der Waals surface area contributed by atoms with Crippen molar-refractivity contribution in [2.45, 2.75) is 13.0 Å². The van der Waals surface area contributed by atoms with E-state index in [-0.39, 0.29) is 0 Å². The van der Waals surface area contributed by atoms with Crippen LogP contribution in [0.5, 0.6) is 0 Å². The largest absolute Gasteiger partial charge is 0.376 e. The first kappa shape index (κ1) is 12.3. The van der Waals surface area contributed by atoms with Crippen LogP contribution in [0.25, 0.3) is 11.5 Å². The van der Waals surface area contributed by atoms with Crippen LogP contribution in [0, 0.1) is 0 Å². The number of hydrogen-bond acceptors (Lipinski definition) is 6. The summed E-state index contributed by atoms with van der Waals surface area (Å²) < 4.78 is 5.39. The van der Waals surface area contributed by atoms with E-state index in [0.717, 1.165) is 17.7 Å². The summed E-state index contributed by atoms with van der Waals surface area (Å²) in [4.78, 5) is 13.1. The zero-order valence-corrected chi connectivity index (χ0v) is 10.8. The number of hydrazine groups is 1. The molecule has 7 heteroatoms. The smallest absolute Gasteiger partial charge is 0.180 e. The van der Waals surface area contributed by atoms with Crippen molar-refractivity contribution in [3.8, 4) is 11.5 Å². The average Bonchev–Trinajstić information content (AvgIpc) is 2.47. The highest BCUT2D eigenvalue weighted by Crippen LogP contribution is 2.25. The van der Waals surface area contributed by atoms with Crippen molar-refractivity contribution < 1.29 is 4.74 Å². The Morgan fingerprint density at radius 2 is 2.21 bits per heavy atom. The van der Waals surface area contributed by atoms with E-state index >= 15 is 0 Å². The first-order valence-corrected chi connectivity index (χ1v) is 6.22. The van der Waals surface area contributed by atoms with Crippen molar-refractivity contribution in [1.82, 2.24) is 15.0 Å². The SMILES string of the molecule is NNc1nc(-c2ccc(Cl)cn2)nc2c1COCC2. The molecule has 98 valence electrons. The van der Waals surface area contributed by atoms with Gasteiger partial charge in [0.15, 0.2) is 5.82 Å². The van der Waals surface area contributed by atoms with Crippen LogP contribution >= 0.6 is 11.6 Å². The number of halogens is 1. The standard InChI is InChI=1S/C12H12ClN5O/c13-7-1-2-10(15-5-7)12-16-9-3-4-19-6-8(9)11(17-12)18-14/h1-2,5H,3-4,6,14H2,(H,16,17,18). The molecular formula is C12H12ClN5O. The Morgan fingerprint density at radius 1 is 1.32 bits per heavy atom. The summed E-state index contributed by atoms with van der Waals surface area (Å²) >= 11 is 5.82. The molecule has 6 nitrogen and oxygen atoms in total. The van der Waals surface area contributed by atoms with Crippen molar-refractivity contribution in [1.29, 1.82) is 0 Å². The van der Waals surface area contributed by atoms with Crippen LogP contribution in [0.4, 0.5) is 5.82 Å². The molecule has 0 fully saturated rings. The number of fused-ring (bicyclic) bond motifs is 1. The zero-order chi connectivity index (χ0) is 13.2. The molecule has 2 aromatic rings. The normalized spacial score (nSPS) is 14.0. The third-order valence-corrected chi connectivity index (χ3v) is 3.14. The maximum atomic E-state index is 5.82. The molecule has 1 aliphatic heterocycles. The Morgan fingerprint density at radius 3 is 2.95 bits per heavy atom. The molecule has 0 spiro atoms. The highest BCUT2D eigenvalue weighted by atomic mass is 35.5. The third-order valence-electron chi connectivity index (χ3n) is 2.92. The summed E-state index contributed by atoms with van der Waals surface area (Å²) in [5.74, 6) is 6.62. The fraction of sp³-hybridized carbons (Fsp3) is 0.250. The molecule has 3 rings (SSSR count). The van der Waals surface area contributed by atoms with Gasteiger partial charge in [0.2, 0.25) is 0 Å². The number of nitrogens with zero attached hydrogens (tertiary/aromatic N) is 3. The quantitative estimate of drug-likeness (QED) is 0.640. The van der Waals surface area contributed by atoms with E-state index in [1.54, 1.807) is 18.3 Å². The molecule has 0 bridgehead atoms. The van der Waals surface area contributed by atoms with E-state index < -0.39 is 0 Å². The van der Waals surface area contributed by atoms with Gasteiger partial charge in [-0.1, -0.05) is 11.6 Å². The number of anilines is 1. The van der Waals surface area contributed by atoms with Gasteiger partial charge in [-0.05, 0) is 12.1 Å². The maximum Gasteiger partial charge on any atom is 0.180 e. The molecule has 2 aromatic heterocycles. The predicted molar refractivity (Wildman–Crippen MR) is 71.4 cm³/mol. The van der Waals surface area contributed by atoms with E-state index in [4.69, 9.17) is 22.2 Å². The molecule has 3 N–H and O–H groups in total. The molecule has 0 saturated heterocycles. The lowest BCUT2D eigenvalue weighted by molar-refractivity contribution is 0.109. The zero-order valence-electron chi connectivity index (χ0n) is 10.1. The van der Waals surface area contributed by atoms with Gasteiger partial charge < -0.3 is 10.2 Å². The number of pyridine rings is 1. The lowest BCUT2D eigenvalue weighted by Crippen LogP contribution is -2.19. The summed E-state index contributed by atoms with van der Waals surface area (Å²) in [5.41, 5.74) is 5.11. The summed E-state index contributed by atoms with van der Waals surface area (Å²) in [6.07, 6.45) is 2.31. The number of aromatic nitrogens is 3. The fourth-order valence-corrected chi connectivity index (χ4v) is 2.09. The summed E-state index contributed by atoms with van der Waals surface area (Å²) in [6, 6.07) is 3.54. The summed E-state index contributed by atoms with van der Waals surface area (Å²) in [7, 11) is 0. The molecule has 0 aliphatic carbocycles. The Balaban J connectivity index is 2.09. The van der Waals surface area contributed by atoms with Crippen LogP contribution in [-0.2, 0) is 17.8 Å². The van der Waals surface area contributed by atoms with E-state index in [1.807, 2.05) is 0 Å². The van der Waals surface area contributed by atoms with Crippen molar-refractivity contribution in [2.24, 2.45) is 5.84 Å². The van der Waals surface area contributed by atoms with Gasteiger partial charge in [-0.25, -0.2) is 15.8 Å². The third kappa shape index (κ3) is 2.37. The lowest BCUT2D eigenvalue weighted by Gasteiger charge is -2.18. The monoisotopic (exact) mass is 277 g/mol. The van der Waals surface area contributed by atoms with Crippen molar-refractivity contribution in [3.63, 3.8) is 0 Å². The summed E-state index contributed by atoms with van der Waals surface area (Å²) in [5, 5.41) is 0.576. The van der Waals surface area contributed by atoms with Crippen LogP contribution in [0.2, 0.25) is 5.02 Å². The van der Waals surface area contributed by atoms with Crippen molar-refractivity contribution in [2.75, 3.05) is 12.0 Å². The van der Waals surface area contributed by atoms with Crippen LogP contribution in [0.1, 0.15) is 11.3 Å². The van der Waals surface area contributed by atoms with Crippen LogP contribution in [-0.4, -0.2) is 21.6 Å². The Kier molecular flexibility index (Phi) is 3.29. The Labute approximate surface area is 115 Å². The van der Waals surface area contributed by atoms with Crippen LogP contribution < -0.4 is 11.3 Å². The maximum absolute atomic E-state index is 5.82. The van der Waals surface area contributed by atoms with Crippen molar-refractivity contribution >= 4 is 17.4 Å². The second-order valence-corrected chi connectivity index (χ2v) is 4.57. The minimum Gasteiger partial charge on any atom is -0.376 e. The molecule has 0 saturated carbocycles. The minimum atomic E-state index is 0.475. The Hall–Kier alpha value is -1.76. The van der Waals surface area contributed by atoms with Gasteiger partial charge in [-0.3, -0.25) is 4.98 Å². The van der Waals surface area contributed by atoms with Gasteiger partial charge >= 0.3 is 0 Å². The van der Waals surface area contributed by atoms with Crippen LogP contribution in [0.15, 0.2) is 18.3 Å². The van der Waals surface area contributed by atoms with Gasteiger partial charge in [0.25, 0.3) is 0 Å². The lowest BCUT2D eigenvalue weighted by atomic mass is 10.1. The first-order chi connectivity index (χ1) is 9.28. The molecule has 0 unspecified atom stereocenters. The first-order valence-electron chi connectivity index (χ1n) is 5.84. The number of nitrogens with one attached hydrogen (secondary N) is 1. The number of ether oxygens (including phenoxy) is 1. The van der Waals surface area contributed by atoms with Gasteiger partial charge in [-0.15, -0.1) is 0 Å². The fourth-order valence-electron chi connectivity index (χ4n) is 1.97. The summed E-state index contributed by atoms with van der Waals surface area (Å²) in [6.45, 7) is 1.13. The van der Waals surface area contributed by atoms with E-state index in [1.165, 1.54) is 0 Å². The van der Waals surface area contributed by atoms with E-state index in [9.17, 15) is 0 Å². The Bertz CT molecular complexity index is 585. The van der Waals surface area contributed by atoms with Gasteiger partial charge in [0, 0.05) is 18.2 Å². The van der Waals surface area contributed by atoms with Gasteiger partial charge in [0.1, 0.15) is 11.5 Å². The predicted octanol–water partition coefficient (Wildman–Crippen LogP) is 1.55. The highest BCUT2D eigenvalue weighted by molar-refractivity contribution is 6.30. The molecule has 3 heterocycles. The number of nitrogens with two attached hydrogens (primary N) is 1. The van der Waals surface area contributed by atoms with Crippen LogP contribution in [0.3, 0.4) is 0 Å². The molecule has 1 aliphatic rings. The highest BCUT2D eigenvalue weighted by Gasteiger charge is 2.18. The molecule has 0 atom stereocenters. The van der Waals surface area contributed by atoms with E-state index in [2.05, 4.69) is 20.4 Å². The molecular weight excluding hydrogens is 266 g/mol. The second kappa shape index (κ2) is 5.08. The molecule has 0 amide bonds. The average molecular weight is 278 g/mol. The second-order valence-electron chi connectivity index (χ2n) is 4.13. The minimum absolute atomic E-state index is 0.475. The molecule has 19 heavy (non-hydrogen) atoms. The van der Waals surface area contributed by atoms with Crippen molar-refractivity contribution in [3.05, 3.63) is 34.6 Å². The van der Waals surface area contributed by atoms with Gasteiger partial charge in [0.05, 0.1) is 23.9 Å². The molecule has 0 radical (unpaired) electrons. The number of rotatable bonds is 2. The topological polar surface area (TPSA) is 86.0 Å². The van der Waals surface area contributed by atoms with Gasteiger partial charge in [-0.2, -0.15) is 0 Å². The number of nitrogen functional groups attached to an aromatic ring is 1.